The highest BCUT2D eigenvalue weighted by Gasteiger charge is 1.98. The van der Waals surface area contributed by atoms with E-state index in [1.165, 1.54) is 38.5 Å². The van der Waals surface area contributed by atoms with Gasteiger partial charge in [0.15, 0.2) is 0 Å². The van der Waals surface area contributed by atoms with Crippen molar-refractivity contribution in [3.8, 4) is 0 Å². The molecule has 0 spiro atoms. The second-order valence-corrected chi connectivity index (χ2v) is 3.04. The molecule has 0 radical (unpaired) electrons. The molecule has 0 fully saturated rings. The summed E-state index contributed by atoms with van der Waals surface area (Å²) in [6, 6.07) is 0.469. The number of rotatable bonds is 6. The van der Waals surface area contributed by atoms with Gasteiger partial charge in [-0.15, -0.1) is 0 Å². The molecule has 0 bridgehead atoms. The lowest BCUT2D eigenvalue weighted by atomic mass is 10.1. The molecule has 0 saturated carbocycles. The number of hydrogen-bond donors (Lipinski definition) is 1. The van der Waals surface area contributed by atoms with Crippen LogP contribution in [0.5, 0.6) is 0 Å². The Kier molecular flexibility index (Phi) is 7.04. The van der Waals surface area contributed by atoms with Gasteiger partial charge < -0.3 is 5.73 Å². The van der Waals surface area contributed by atoms with Crippen LogP contribution in [0.4, 0.5) is 0 Å². The maximum atomic E-state index is 5.82. The maximum absolute atomic E-state index is 5.82. The Balaban J connectivity index is 2.97. The Morgan fingerprint density at radius 2 is 1.70 bits per heavy atom. The zero-order chi connectivity index (χ0) is 7.82. The molecule has 0 rings (SSSR count). The molecule has 0 aromatic carbocycles. The average molecular weight is 143 g/mol. The van der Waals surface area contributed by atoms with Crippen LogP contribution in [0, 0.1) is 0 Å². The van der Waals surface area contributed by atoms with Crippen molar-refractivity contribution in [3.05, 3.63) is 0 Å². The van der Waals surface area contributed by atoms with Gasteiger partial charge in [-0.1, -0.05) is 39.5 Å². The third kappa shape index (κ3) is 6.09. The van der Waals surface area contributed by atoms with Crippen molar-refractivity contribution in [3.63, 3.8) is 0 Å². The minimum atomic E-state index is 0.469. The summed E-state index contributed by atoms with van der Waals surface area (Å²) >= 11 is 0. The molecule has 0 aliphatic rings. The summed E-state index contributed by atoms with van der Waals surface area (Å²) in [4.78, 5) is 0. The predicted octanol–water partition coefficient (Wildman–Crippen LogP) is 2.69. The predicted molar refractivity (Wildman–Crippen MR) is 47.0 cm³/mol. The smallest absolute Gasteiger partial charge is 0.00387 e. The Hall–Kier alpha value is -0.0400. The van der Waals surface area contributed by atoms with Crippen LogP contribution in [-0.2, 0) is 0 Å². The van der Waals surface area contributed by atoms with E-state index < -0.39 is 0 Å². The maximum Gasteiger partial charge on any atom is 0.00387 e. The van der Waals surface area contributed by atoms with E-state index in [0.29, 0.717) is 6.04 Å². The molecule has 2 N–H and O–H groups in total. The SMILES string of the molecule is CCCCC[C@H](N)CCC. The van der Waals surface area contributed by atoms with Crippen LogP contribution in [0.25, 0.3) is 0 Å². The van der Waals surface area contributed by atoms with Crippen molar-refractivity contribution in [1.29, 1.82) is 0 Å². The molecule has 0 aliphatic heterocycles. The first kappa shape index (κ1) is 9.96. The van der Waals surface area contributed by atoms with Crippen LogP contribution < -0.4 is 5.73 Å². The van der Waals surface area contributed by atoms with E-state index in [-0.39, 0.29) is 0 Å². The quantitative estimate of drug-likeness (QED) is 0.568. The molecular weight excluding hydrogens is 122 g/mol. The van der Waals surface area contributed by atoms with Gasteiger partial charge in [-0.25, -0.2) is 0 Å². The minimum Gasteiger partial charge on any atom is -0.328 e. The Bertz CT molecular complexity index is 61.7. The topological polar surface area (TPSA) is 26.0 Å². The Labute approximate surface area is 65.0 Å². The molecule has 1 heteroatoms. The van der Waals surface area contributed by atoms with Crippen LogP contribution in [0.1, 0.15) is 52.4 Å². The molecule has 1 atom stereocenters. The summed E-state index contributed by atoms with van der Waals surface area (Å²) < 4.78 is 0. The summed E-state index contributed by atoms with van der Waals surface area (Å²) in [5.74, 6) is 0. The van der Waals surface area contributed by atoms with E-state index in [9.17, 15) is 0 Å². The molecule has 0 aromatic rings. The summed E-state index contributed by atoms with van der Waals surface area (Å²) in [5.41, 5.74) is 5.82. The summed E-state index contributed by atoms with van der Waals surface area (Å²) in [7, 11) is 0. The second-order valence-electron chi connectivity index (χ2n) is 3.04. The van der Waals surface area contributed by atoms with E-state index in [4.69, 9.17) is 5.73 Å². The third-order valence-corrected chi connectivity index (χ3v) is 1.84. The summed E-state index contributed by atoms with van der Waals surface area (Å²) in [5, 5.41) is 0. The summed E-state index contributed by atoms with van der Waals surface area (Å²) in [6.45, 7) is 4.42. The molecule has 0 heterocycles. The van der Waals surface area contributed by atoms with Crippen molar-refractivity contribution in [2.45, 2.75) is 58.4 Å². The largest absolute Gasteiger partial charge is 0.328 e. The lowest BCUT2D eigenvalue weighted by Crippen LogP contribution is -2.18. The average Bonchev–Trinajstić information content (AvgIpc) is 1.89. The van der Waals surface area contributed by atoms with E-state index in [1.54, 1.807) is 0 Å². The molecule has 0 saturated heterocycles. The van der Waals surface area contributed by atoms with E-state index in [2.05, 4.69) is 13.8 Å². The number of nitrogens with two attached hydrogens (primary N) is 1. The lowest BCUT2D eigenvalue weighted by molar-refractivity contribution is 0.524. The molecule has 0 unspecified atom stereocenters. The van der Waals surface area contributed by atoms with Crippen molar-refractivity contribution >= 4 is 0 Å². The van der Waals surface area contributed by atoms with Gasteiger partial charge in [0.25, 0.3) is 0 Å². The van der Waals surface area contributed by atoms with E-state index in [1.807, 2.05) is 0 Å². The van der Waals surface area contributed by atoms with Crippen molar-refractivity contribution < 1.29 is 0 Å². The fraction of sp³-hybridized carbons (Fsp3) is 1.00. The van der Waals surface area contributed by atoms with Crippen LogP contribution in [0.15, 0.2) is 0 Å². The summed E-state index contributed by atoms with van der Waals surface area (Å²) in [6.07, 6.45) is 7.62. The lowest BCUT2D eigenvalue weighted by Gasteiger charge is -2.08. The van der Waals surface area contributed by atoms with Crippen molar-refractivity contribution in [2.24, 2.45) is 5.73 Å². The molecular formula is C9H21N. The normalized spacial score (nSPS) is 13.5. The highest BCUT2D eigenvalue weighted by Crippen LogP contribution is 2.05. The second kappa shape index (κ2) is 7.07. The number of hydrogen-bond acceptors (Lipinski definition) is 1. The van der Waals surface area contributed by atoms with Crippen molar-refractivity contribution in [1.82, 2.24) is 0 Å². The third-order valence-electron chi connectivity index (χ3n) is 1.84. The van der Waals surface area contributed by atoms with Crippen LogP contribution in [-0.4, -0.2) is 6.04 Å². The fourth-order valence-electron chi connectivity index (χ4n) is 1.17. The van der Waals surface area contributed by atoms with Gasteiger partial charge in [-0.2, -0.15) is 0 Å². The van der Waals surface area contributed by atoms with Crippen LogP contribution in [0.3, 0.4) is 0 Å². The van der Waals surface area contributed by atoms with Gasteiger partial charge in [0, 0.05) is 6.04 Å². The first-order valence-corrected chi connectivity index (χ1v) is 4.56. The Morgan fingerprint density at radius 3 is 2.20 bits per heavy atom. The van der Waals surface area contributed by atoms with E-state index in [0.717, 1.165) is 0 Å². The van der Waals surface area contributed by atoms with Gasteiger partial charge >= 0.3 is 0 Å². The van der Waals surface area contributed by atoms with Gasteiger partial charge in [0.2, 0.25) is 0 Å². The van der Waals surface area contributed by atoms with E-state index >= 15 is 0 Å². The standard InChI is InChI=1S/C9H21N/c1-3-5-6-8-9(10)7-4-2/h9H,3-8,10H2,1-2H3/t9-/m1/s1. The fourth-order valence-corrected chi connectivity index (χ4v) is 1.17. The zero-order valence-electron chi connectivity index (χ0n) is 7.40. The first-order valence-electron chi connectivity index (χ1n) is 4.56. The monoisotopic (exact) mass is 143 g/mol. The van der Waals surface area contributed by atoms with Crippen LogP contribution >= 0.6 is 0 Å². The number of unbranched alkanes of at least 4 members (excludes halogenated alkanes) is 2. The molecule has 0 aromatic heterocycles. The highest BCUT2D eigenvalue weighted by molar-refractivity contribution is 4.59. The molecule has 1 nitrogen and oxygen atoms in total. The molecule has 10 heavy (non-hydrogen) atoms. The van der Waals surface area contributed by atoms with Crippen molar-refractivity contribution in [2.75, 3.05) is 0 Å². The van der Waals surface area contributed by atoms with Gasteiger partial charge in [-0.05, 0) is 12.8 Å². The Morgan fingerprint density at radius 1 is 1.00 bits per heavy atom. The van der Waals surface area contributed by atoms with Gasteiger partial charge in [-0.3, -0.25) is 0 Å². The molecule has 0 aliphatic carbocycles. The molecule has 62 valence electrons. The van der Waals surface area contributed by atoms with Gasteiger partial charge in [0.1, 0.15) is 0 Å². The minimum absolute atomic E-state index is 0.469. The van der Waals surface area contributed by atoms with Crippen LogP contribution in [0.2, 0.25) is 0 Å². The first-order chi connectivity index (χ1) is 4.81. The van der Waals surface area contributed by atoms with Gasteiger partial charge in [0.05, 0.1) is 0 Å². The highest BCUT2D eigenvalue weighted by atomic mass is 14.6. The zero-order valence-corrected chi connectivity index (χ0v) is 7.40. The molecule has 0 amide bonds.